The highest BCUT2D eigenvalue weighted by Gasteiger charge is 2.39. The van der Waals surface area contributed by atoms with Gasteiger partial charge >= 0.3 is 5.69 Å². The van der Waals surface area contributed by atoms with E-state index in [9.17, 15) is 24.6 Å². The van der Waals surface area contributed by atoms with Gasteiger partial charge in [0.1, 0.15) is 24.9 Å². The van der Waals surface area contributed by atoms with Crippen LogP contribution in [0.3, 0.4) is 0 Å². The maximum atomic E-state index is 12.2. The van der Waals surface area contributed by atoms with Crippen LogP contribution in [-0.4, -0.2) is 70.3 Å². The number of methoxy groups -OCH3 is 1. The van der Waals surface area contributed by atoms with Gasteiger partial charge in [-0.25, -0.2) is 4.79 Å². The van der Waals surface area contributed by atoms with Crippen molar-refractivity contribution in [1.82, 2.24) is 14.9 Å². The average Bonchev–Trinajstić information content (AvgIpc) is 2.64. The molecule has 4 N–H and O–H groups in total. The average molecular weight is 379 g/mol. The van der Waals surface area contributed by atoms with Gasteiger partial charge in [0.25, 0.3) is 5.56 Å². The summed E-state index contributed by atoms with van der Waals surface area (Å²) in [6, 6.07) is 5.76. The molecule has 1 amide bonds. The molecular weight excluding hydrogens is 358 g/mol. The number of aliphatic hydroxyl groups is 2. The molecule has 1 aromatic heterocycles. The fraction of sp³-hybridized carbons (Fsp3) is 0.471. The van der Waals surface area contributed by atoms with Crippen molar-refractivity contribution >= 4 is 16.8 Å². The fourth-order valence-corrected chi connectivity index (χ4v) is 3.15. The number of hydrogen-bond acceptors (Lipinski definition) is 7. The predicted molar refractivity (Wildman–Crippen MR) is 94.4 cm³/mol. The molecule has 1 aromatic carbocycles. The number of aromatic nitrogens is 2. The minimum atomic E-state index is -1.34. The van der Waals surface area contributed by atoms with E-state index in [-0.39, 0.29) is 19.8 Å². The quantitative estimate of drug-likeness (QED) is 0.468. The van der Waals surface area contributed by atoms with E-state index in [1.54, 1.807) is 24.3 Å². The van der Waals surface area contributed by atoms with E-state index < -0.39 is 41.5 Å². The third kappa shape index (κ3) is 3.93. The first kappa shape index (κ1) is 19.2. The summed E-state index contributed by atoms with van der Waals surface area (Å²) in [6.45, 7) is -0.303. The SMILES string of the molecule is COCC(=O)N[C@@H]1CO[C@H](Cn2c(=O)[nH]c(=O)c3ccccc32)[C@@H](O)[C@H]1O. The molecule has 0 aliphatic carbocycles. The van der Waals surface area contributed by atoms with Crippen molar-refractivity contribution in [2.24, 2.45) is 0 Å². The summed E-state index contributed by atoms with van der Waals surface area (Å²) in [5, 5.41) is 23.5. The number of carbonyl (C=O) groups is 1. The van der Waals surface area contributed by atoms with E-state index in [0.717, 1.165) is 0 Å². The highest BCUT2D eigenvalue weighted by Crippen LogP contribution is 2.18. The van der Waals surface area contributed by atoms with Crippen molar-refractivity contribution in [1.29, 1.82) is 0 Å². The lowest BCUT2D eigenvalue weighted by Crippen LogP contribution is -2.60. The van der Waals surface area contributed by atoms with Gasteiger partial charge in [0.05, 0.1) is 30.1 Å². The highest BCUT2D eigenvalue weighted by molar-refractivity contribution is 5.78. The minimum Gasteiger partial charge on any atom is -0.388 e. The van der Waals surface area contributed by atoms with E-state index in [2.05, 4.69) is 10.3 Å². The Labute approximate surface area is 153 Å². The largest absolute Gasteiger partial charge is 0.388 e. The van der Waals surface area contributed by atoms with Crippen LogP contribution in [0.25, 0.3) is 10.9 Å². The number of nitrogens with zero attached hydrogens (tertiary/aromatic N) is 1. The second-order valence-corrected chi connectivity index (χ2v) is 6.35. The fourth-order valence-electron chi connectivity index (χ4n) is 3.15. The van der Waals surface area contributed by atoms with Crippen LogP contribution in [0, 0.1) is 0 Å². The number of fused-ring (bicyclic) bond motifs is 1. The number of rotatable bonds is 5. The minimum absolute atomic E-state index is 0.0472. The molecule has 0 unspecified atom stereocenters. The van der Waals surface area contributed by atoms with Crippen LogP contribution in [0.15, 0.2) is 33.9 Å². The maximum absolute atomic E-state index is 12.2. The summed E-state index contributed by atoms with van der Waals surface area (Å²) < 4.78 is 11.6. The Bertz CT molecular complexity index is 938. The number of aromatic amines is 1. The van der Waals surface area contributed by atoms with Crippen LogP contribution in [0.5, 0.6) is 0 Å². The van der Waals surface area contributed by atoms with Gasteiger partial charge in [0.15, 0.2) is 0 Å². The molecule has 0 spiro atoms. The summed E-state index contributed by atoms with van der Waals surface area (Å²) in [6.07, 6.45) is -3.53. The van der Waals surface area contributed by atoms with E-state index >= 15 is 0 Å². The van der Waals surface area contributed by atoms with Gasteiger partial charge in [-0.1, -0.05) is 12.1 Å². The molecule has 146 valence electrons. The van der Waals surface area contributed by atoms with Crippen molar-refractivity contribution < 1.29 is 24.5 Å². The van der Waals surface area contributed by atoms with Crippen molar-refractivity contribution in [2.75, 3.05) is 20.3 Å². The number of hydrogen-bond donors (Lipinski definition) is 4. The van der Waals surface area contributed by atoms with Crippen molar-refractivity contribution in [3.8, 4) is 0 Å². The van der Waals surface area contributed by atoms with Gasteiger partial charge in [0.2, 0.25) is 5.91 Å². The predicted octanol–water partition coefficient (Wildman–Crippen LogP) is -2.06. The topological polar surface area (TPSA) is 143 Å². The Morgan fingerprint density at radius 1 is 1.33 bits per heavy atom. The number of amides is 1. The monoisotopic (exact) mass is 379 g/mol. The molecule has 2 heterocycles. The van der Waals surface area contributed by atoms with Crippen molar-refractivity contribution in [3.63, 3.8) is 0 Å². The van der Waals surface area contributed by atoms with E-state index in [0.29, 0.717) is 10.9 Å². The van der Waals surface area contributed by atoms with Gasteiger partial charge < -0.3 is 25.0 Å². The first-order valence-electron chi connectivity index (χ1n) is 8.40. The zero-order valence-electron chi connectivity index (χ0n) is 14.6. The van der Waals surface area contributed by atoms with Crippen LogP contribution in [0.2, 0.25) is 0 Å². The Hall–Kier alpha value is -2.53. The van der Waals surface area contributed by atoms with Gasteiger partial charge in [0, 0.05) is 7.11 Å². The van der Waals surface area contributed by atoms with Crippen LogP contribution in [-0.2, 0) is 20.8 Å². The zero-order valence-corrected chi connectivity index (χ0v) is 14.6. The molecule has 1 aliphatic rings. The smallest absolute Gasteiger partial charge is 0.328 e. The molecule has 10 heteroatoms. The first-order valence-corrected chi connectivity index (χ1v) is 8.40. The molecule has 0 bridgehead atoms. The molecule has 2 aromatic rings. The summed E-state index contributed by atoms with van der Waals surface area (Å²) >= 11 is 0. The second-order valence-electron chi connectivity index (χ2n) is 6.35. The second kappa shape index (κ2) is 8.01. The molecular formula is C17H21N3O7. The van der Waals surface area contributed by atoms with Crippen LogP contribution in [0.4, 0.5) is 0 Å². The lowest BCUT2D eigenvalue weighted by molar-refractivity contribution is -0.159. The summed E-state index contributed by atoms with van der Waals surface area (Å²) in [7, 11) is 1.37. The number of nitrogens with one attached hydrogen (secondary N) is 2. The number of carbonyl (C=O) groups excluding carboxylic acids is 1. The highest BCUT2D eigenvalue weighted by atomic mass is 16.5. The number of ether oxygens (including phenoxy) is 2. The summed E-state index contributed by atoms with van der Waals surface area (Å²) in [4.78, 5) is 38.0. The van der Waals surface area contributed by atoms with E-state index in [1.165, 1.54) is 11.7 Å². The molecule has 10 nitrogen and oxygen atoms in total. The Kier molecular flexibility index (Phi) is 5.71. The van der Waals surface area contributed by atoms with Crippen LogP contribution in [0.1, 0.15) is 0 Å². The molecule has 0 saturated carbocycles. The standard InChI is InChI=1S/C17H21N3O7/c1-26-8-13(21)18-10-7-27-12(15(23)14(10)22)6-20-11-5-3-2-4-9(11)16(24)19-17(20)25/h2-5,10,12,14-15,22-23H,6-8H2,1H3,(H,18,21)(H,19,24,25)/t10-,12-,14+,15-/m1/s1. The maximum Gasteiger partial charge on any atom is 0.328 e. The van der Waals surface area contributed by atoms with Crippen LogP contribution < -0.4 is 16.6 Å². The van der Waals surface area contributed by atoms with E-state index in [1.807, 2.05) is 0 Å². The molecule has 1 fully saturated rings. The third-order valence-corrected chi connectivity index (χ3v) is 4.52. The molecule has 0 radical (unpaired) electrons. The Morgan fingerprint density at radius 3 is 2.81 bits per heavy atom. The zero-order chi connectivity index (χ0) is 19.6. The van der Waals surface area contributed by atoms with Crippen molar-refractivity contribution in [2.45, 2.75) is 30.9 Å². The summed E-state index contributed by atoms with van der Waals surface area (Å²) in [5.41, 5.74) is -0.746. The molecule has 27 heavy (non-hydrogen) atoms. The van der Waals surface area contributed by atoms with Gasteiger partial charge in [-0.05, 0) is 12.1 Å². The molecule has 3 rings (SSSR count). The molecule has 4 atom stereocenters. The third-order valence-electron chi connectivity index (χ3n) is 4.52. The van der Waals surface area contributed by atoms with Gasteiger partial charge in [-0.2, -0.15) is 0 Å². The first-order chi connectivity index (χ1) is 12.9. The lowest BCUT2D eigenvalue weighted by Gasteiger charge is -2.38. The number of para-hydroxylation sites is 1. The van der Waals surface area contributed by atoms with Crippen molar-refractivity contribution in [3.05, 3.63) is 45.1 Å². The van der Waals surface area contributed by atoms with Gasteiger partial charge in [-0.15, -0.1) is 0 Å². The Balaban J connectivity index is 1.80. The lowest BCUT2D eigenvalue weighted by atomic mass is 9.97. The number of aliphatic hydroxyl groups excluding tert-OH is 2. The van der Waals surface area contributed by atoms with E-state index in [4.69, 9.17) is 9.47 Å². The molecule has 1 aliphatic heterocycles. The number of H-pyrrole nitrogens is 1. The summed E-state index contributed by atoms with van der Waals surface area (Å²) in [5.74, 6) is -0.446. The van der Waals surface area contributed by atoms with Crippen LogP contribution >= 0.6 is 0 Å². The van der Waals surface area contributed by atoms with Gasteiger partial charge in [-0.3, -0.25) is 19.1 Å². The molecule has 1 saturated heterocycles. The normalized spacial score (nSPS) is 25.4. The number of benzene rings is 1. The Morgan fingerprint density at radius 2 is 2.07 bits per heavy atom.